The summed E-state index contributed by atoms with van der Waals surface area (Å²) in [6.07, 6.45) is 0. The minimum absolute atomic E-state index is 0.153. The molecule has 2 amide bonds. The van der Waals surface area contributed by atoms with Crippen LogP contribution >= 0.6 is 0 Å². The summed E-state index contributed by atoms with van der Waals surface area (Å²) in [6, 6.07) is 15.6. The maximum absolute atomic E-state index is 13.7. The van der Waals surface area contributed by atoms with E-state index in [2.05, 4.69) is 10.6 Å². The molecule has 5 nitrogen and oxygen atoms in total. The van der Waals surface area contributed by atoms with E-state index in [4.69, 9.17) is 4.74 Å². The predicted octanol–water partition coefficient (Wildman–Crippen LogP) is 4.48. The van der Waals surface area contributed by atoms with Crippen LogP contribution in [0.25, 0.3) is 0 Å². The van der Waals surface area contributed by atoms with Crippen molar-refractivity contribution in [3.63, 3.8) is 0 Å². The molecule has 0 heterocycles. The van der Waals surface area contributed by atoms with Crippen LogP contribution in [0.2, 0.25) is 0 Å². The molecule has 0 unspecified atom stereocenters. The topological polar surface area (TPSA) is 67.4 Å². The molecule has 0 aliphatic carbocycles. The second-order valence-corrected chi connectivity index (χ2v) is 5.84. The Morgan fingerprint density at radius 1 is 0.821 bits per heavy atom. The third kappa shape index (κ3) is 4.50. The van der Waals surface area contributed by atoms with Gasteiger partial charge in [-0.3, -0.25) is 9.59 Å². The fraction of sp³-hybridized carbons (Fsp3) is 0.0476. The van der Waals surface area contributed by atoms with Crippen molar-refractivity contribution < 1.29 is 23.1 Å². The van der Waals surface area contributed by atoms with Crippen LogP contribution in [0.15, 0.2) is 66.7 Å². The molecule has 0 aliphatic rings. The highest BCUT2D eigenvalue weighted by molar-refractivity contribution is 6.08. The number of rotatable bonds is 5. The lowest BCUT2D eigenvalue weighted by Gasteiger charge is -2.09. The van der Waals surface area contributed by atoms with Crippen molar-refractivity contribution in [2.75, 3.05) is 17.7 Å². The molecule has 0 bridgehead atoms. The summed E-state index contributed by atoms with van der Waals surface area (Å²) in [5.41, 5.74) is 0.822. The normalized spacial score (nSPS) is 10.2. The third-order valence-electron chi connectivity index (χ3n) is 3.91. The first-order valence-electron chi connectivity index (χ1n) is 8.28. The summed E-state index contributed by atoms with van der Waals surface area (Å²) in [7, 11) is 1.54. The molecule has 0 saturated carbocycles. The van der Waals surface area contributed by atoms with E-state index >= 15 is 0 Å². The molecule has 3 aromatic carbocycles. The zero-order valence-corrected chi connectivity index (χ0v) is 14.8. The Morgan fingerprint density at radius 2 is 1.46 bits per heavy atom. The van der Waals surface area contributed by atoms with Gasteiger partial charge in [-0.1, -0.05) is 6.07 Å². The second-order valence-electron chi connectivity index (χ2n) is 5.84. The standard InChI is InChI=1S/C21H16F2N2O3/c1-28-17-8-6-16(7-9-17)24-20(26)13-3-2-4-14(11-13)21(27)25-19-10-5-15(22)12-18(19)23/h2-12H,1H3,(H,24,26)(H,25,27). The number of benzene rings is 3. The molecular weight excluding hydrogens is 366 g/mol. The fourth-order valence-corrected chi connectivity index (χ4v) is 2.46. The van der Waals surface area contributed by atoms with E-state index in [1.165, 1.54) is 12.1 Å². The lowest BCUT2D eigenvalue weighted by molar-refractivity contribution is 0.102. The fourth-order valence-electron chi connectivity index (χ4n) is 2.46. The number of carbonyl (C=O) groups excluding carboxylic acids is 2. The minimum atomic E-state index is -0.887. The van der Waals surface area contributed by atoms with Gasteiger partial charge in [0.2, 0.25) is 0 Å². The Labute approximate surface area is 160 Å². The maximum atomic E-state index is 13.7. The van der Waals surface area contributed by atoms with Crippen molar-refractivity contribution >= 4 is 23.2 Å². The van der Waals surface area contributed by atoms with Crippen LogP contribution in [-0.4, -0.2) is 18.9 Å². The number of halogens is 2. The molecule has 0 radical (unpaired) electrons. The Hall–Kier alpha value is -3.74. The molecule has 0 atom stereocenters. The van der Waals surface area contributed by atoms with Crippen molar-refractivity contribution in [3.8, 4) is 5.75 Å². The molecule has 3 rings (SSSR count). The summed E-state index contributed by atoms with van der Waals surface area (Å²) in [5.74, 6) is -2.00. The van der Waals surface area contributed by atoms with Crippen LogP contribution in [0.3, 0.4) is 0 Å². The van der Waals surface area contributed by atoms with Crippen LogP contribution in [0, 0.1) is 11.6 Å². The zero-order chi connectivity index (χ0) is 20.1. The lowest BCUT2D eigenvalue weighted by Crippen LogP contribution is -2.16. The quantitative estimate of drug-likeness (QED) is 0.684. The van der Waals surface area contributed by atoms with E-state index in [1.807, 2.05) is 0 Å². The zero-order valence-electron chi connectivity index (χ0n) is 14.8. The number of hydrogen-bond acceptors (Lipinski definition) is 3. The number of amides is 2. The molecule has 0 saturated heterocycles. The van der Waals surface area contributed by atoms with E-state index < -0.39 is 23.4 Å². The van der Waals surface area contributed by atoms with Crippen LogP contribution in [0.1, 0.15) is 20.7 Å². The maximum Gasteiger partial charge on any atom is 0.255 e. The largest absolute Gasteiger partial charge is 0.497 e. The molecule has 142 valence electrons. The average Bonchev–Trinajstić information content (AvgIpc) is 2.70. The van der Waals surface area contributed by atoms with Gasteiger partial charge in [0.1, 0.15) is 17.4 Å². The van der Waals surface area contributed by atoms with Crippen molar-refractivity contribution in [1.82, 2.24) is 0 Å². The Bertz CT molecular complexity index is 1020. The molecule has 2 N–H and O–H groups in total. The number of ether oxygens (including phenoxy) is 1. The number of nitrogens with one attached hydrogen (secondary N) is 2. The van der Waals surface area contributed by atoms with Gasteiger partial charge in [0.25, 0.3) is 11.8 Å². The van der Waals surface area contributed by atoms with Crippen LogP contribution < -0.4 is 15.4 Å². The van der Waals surface area contributed by atoms with Gasteiger partial charge in [0.05, 0.1) is 12.8 Å². The second kappa shape index (κ2) is 8.30. The van der Waals surface area contributed by atoms with E-state index in [1.54, 1.807) is 43.5 Å². The van der Waals surface area contributed by atoms with Crippen molar-refractivity contribution in [2.45, 2.75) is 0 Å². The molecule has 0 spiro atoms. The van der Waals surface area contributed by atoms with E-state index in [-0.39, 0.29) is 16.8 Å². The van der Waals surface area contributed by atoms with E-state index in [9.17, 15) is 18.4 Å². The van der Waals surface area contributed by atoms with Gasteiger partial charge in [-0.05, 0) is 54.6 Å². The lowest BCUT2D eigenvalue weighted by atomic mass is 10.1. The average molecular weight is 382 g/mol. The predicted molar refractivity (Wildman–Crippen MR) is 102 cm³/mol. The monoisotopic (exact) mass is 382 g/mol. The van der Waals surface area contributed by atoms with Gasteiger partial charge in [-0.25, -0.2) is 8.78 Å². The number of carbonyl (C=O) groups is 2. The van der Waals surface area contributed by atoms with Gasteiger partial charge in [-0.2, -0.15) is 0 Å². The van der Waals surface area contributed by atoms with Crippen molar-refractivity contribution in [3.05, 3.63) is 89.5 Å². The van der Waals surface area contributed by atoms with Gasteiger partial charge >= 0.3 is 0 Å². The summed E-state index contributed by atoms with van der Waals surface area (Å²) in [6.45, 7) is 0. The third-order valence-corrected chi connectivity index (χ3v) is 3.91. The van der Waals surface area contributed by atoms with Crippen LogP contribution in [0.4, 0.5) is 20.2 Å². The Kier molecular flexibility index (Phi) is 5.64. The van der Waals surface area contributed by atoms with Crippen molar-refractivity contribution in [2.24, 2.45) is 0 Å². The Balaban J connectivity index is 1.73. The van der Waals surface area contributed by atoms with Crippen molar-refractivity contribution in [1.29, 1.82) is 0 Å². The molecular formula is C21H16F2N2O3. The number of anilines is 2. The highest BCUT2D eigenvalue weighted by Crippen LogP contribution is 2.18. The minimum Gasteiger partial charge on any atom is -0.497 e. The summed E-state index contributed by atoms with van der Waals surface area (Å²) in [5, 5.41) is 5.07. The SMILES string of the molecule is COc1ccc(NC(=O)c2cccc(C(=O)Nc3ccc(F)cc3F)c2)cc1. The summed E-state index contributed by atoms with van der Waals surface area (Å²) < 4.78 is 31.7. The molecule has 0 aromatic heterocycles. The summed E-state index contributed by atoms with van der Waals surface area (Å²) >= 11 is 0. The molecule has 3 aromatic rings. The van der Waals surface area contributed by atoms with E-state index in [0.717, 1.165) is 12.1 Å². The van der Waals surface area contributed by atoms with Gasteiger partial charge in [-0.15, -0.1) is 0 Å². The molecule has 0 fully saturated rings. The smallest absolute Gasteiger partial charge is 0.255 e. The highest BCUT2D eigenvalue weighted by atomic mass is 19.1. The first-order chi connectivity index (χ1) is 13.5. The van der Waals surface area contributed by atoms with E-state index in [0.29, 0.717) is 17.5 Å². The molecule has 0 aliphatic heterocycles. The Morgan fingerprint density at radius 3 is 2.07 bits per heavy atom. The van der Waals surface area contributed by atoms with Crippen LogP contribution in [0.5, 0.6) is 5.75 Å². The van der Waals surface area contributed by atoms with Gasteiger partial charge in [0.15, 0.2) is 0 Å². The first kappa shape index (κ1) is 19.0. The number of hydrogen-bond donors (Lipinski definition) is 2. The molecule has 7 heteroatoms. The van der Waals surface area contributed by atoms with Crippen LogP contribution in [-0.2, 0) is 0 Å². The van der Waals surface area contributed by atoms with Gasteiger partial charge in [0, 0.05) is 22.9 Å². The number of methoxy groups -OCH3 is 1. The highest BCUT2D eigenvalue weighted by Gasteiger charge is 2.13. The van der Waals surface area contributed by atoms with Gasteiger partial charge < -0.3 is 15.4 Å². The summed E-state index contributed by atoms with van der Waals surface area (Å²) in [4.78, 5) is 24.8. The first-order valence-corrected chi connectivity index (χ1v) is 8.28. The molecule has 28 heavy (non-hydrogen) atoms.